The van der Waals surface area contributed by atoms with Crippen molar-refractivity contribution in [3.05, 3.63) is 92.2 Å². The van der Waals surface area contributed by atoms with Crippen LogP contribution in [0.5, 0.6) is 0 Å². The van der Waals surface area contributed by atoms with Crippen LogP contribution in [0.3, 0.4) is 0 Å². The number of anilines is 2. The van der Waals surface area contributed by atoms with E-state index in [0.29, 0.717) is 10.6 Å². The zero-order valence-electron chi connectivity index (χ0n) is 27.9. The van der Waals surface area contributed by atoms with Gasteiger partial charge in [-0.1, -0.05) is 35.3 Å². The molecule has 268 valence electrons. The number of rotatable bonds is 7. The molecule has 0 bridgehead atoms. The maximum atomic E-state index is 16.0. The number of hydrogen-bond donors (Lipinski definition) is 1. The zero-order chi connectivity index (χ0) is 37.7. The molecule has 8 nitrogen and oxygen atoms in total. The number of alkyl halides is 2. The van der Waals surface area contributed by atoms with Crippen molar-refractivity contribution in [1.82, 2.24) is 0 Å². The van der Waals surface area contributed by atoms with Crippen molar-refractivity contribution in [3.8, 4) is 0 Å². The Bertz CT molecular complexity index is 1860. The van der Waals surface area contributed by atoms with Crippen LogP contribution in [0.1, 0.15) is 74.5 Å². The number of nitrogens with zero attached hydrogens (tertiary/aromatic N) is 1. The SMILES string of the molecule is Cc1c(F)cc(NC(=O)[C@H]2[C@H](c3ccc(Cl)c(Cl)c3)C2(Cl)Cl)cc1C(=O)Cc1ccc(F)c(N(C(=O)OC(C)(C)C)C(=O)OC(C)(C)C)c1F. The Morgan fingerprint density at radius 1 is 0.840 bits per heavy atom. The summed E-state index contributed by atoms with van der Waals surface area (Å²) in [6.45, 7) is 10.2. The van der Waals surface area contributed by atoms with E-state index < -0.39 is 86.4 Å². The highest BCUT2D eigenvalue weighted by atomic mass is 35.5. The molecule has 1 N–H and O–H groups in total. The molecule has 1 fully saturated rings. The van der Waals surface area contributed by atoms with E-state index >= 15 is 13.2 Å². The quantitative estimate of drug-likeness (QED) is 0.189. The molecule has 1 aliphatic rings. The standard InChI is InChI=1S/C35H33Cl4F3N2O6/c1-16-20(14-19(15-24(16)41)43-30(46)27-26(35(27,38)39)17-8-10-21(36)22(37)12-17)25(45)13-18-9-11-23(40)29(28(18)42)44(31(47)49-33(2,3)4)32(48)50-34(5,6)7/h8-12,14-15,26-27H,13H2,1-7H3,(H,43,46)/t26-,27+/m0/s1. The summed E-state index contributed by atoms with van der Waals surface area (Å²) in [5.41, 5.74) is -3.83. The molecule has 1 saturated carbocycles. The second kappa shape index (κ2) is 14.3. The summed E-state index contributed by atoms with van der Waals surface area (Å²) in [5, 5.41) is 3.05. The van der Waals surface area contributed by atoms with Crippen LogP contribution >= 0.6 is 46.4 Å². The number of imide groups is 1. The van der Waals surface area contributed by atoms with Crippen LogP contribution in [0.2, 0.25) is 10.0 Å². The highest BCUT2D eigenvalue weighted by Gasteiger charge is 2.67. The van der Waals surface area contributed by atoms with Crippen LogP contribution in [0.4, 0.5) is 34.1 Å². The fourth-order valence-corrected chi connectivity index (χ4v) is 6.23. The summed E-state index contributed by atoms with van der Waals surface area (Å²) >= 11 is 25.0. The second-order valence-electron chi connectivity index (χ2n) is 13.7. The number of Topliss-reactive ketones (excluding diaryl/α,β-unsaturated/α-hetero) is 1. The molecule has 15 heteroatoms. The van der Waals surface area contributed by atoms with E-state index in [2.05, 4.69) is 5.32 Å². The van der Waals surface area contributed by atoms with Crippen LogP contribution in [0, 0.1) is 30.3 Å². The van der Waals surface area contributed by atoms with Crippen molar-refractivity contribution < 1.29 is 41.8 Å². The van der Waals surface area contributed by atoms with Gasteiger partial charge in [0.05, 0.1) is 16.0 Å². The van der Waals surface area contributed by atoms with Gasteiger partial charge in [0.1, 0.15) is 27.0 Å². The van der Waals surface area contributed by atoms with Gasteiger partial charge in [0.2, 0.25) is 5.91 Å². The lowest BCUT2D eigenvalue weighted by Gasteiger charge is -2.29. The highest BCUT2D eigenvalue weighted by molar-refractivity contribution is 6.53. The first-order chi connectivity index (χ1) is 22.9. The minimum Gasteiger partial charge on any atom is -0.443 e. The predicted octanol–water partition coefficient (Wildman–Crippen LogP) is 10.3. The summed E-state index contributed by atoms with van der Waals surface area (Å²) in [5.74, 6) is -6.78. The van der Waals surface area contributed by atoms with Gasteiger partial charge in [0, 0.05) is 23.6 Å². The van der Waals surface area contributed by atoms with E-state index in [1.165, 1.54) is 66.7 Å². The second-order valence-corrected chi connectivity index (χ2v) is 15.9. The van der Waals surface area contributed by atoms with E-state index in [1.54, 1.807) is 6.07 Å². The number of amides is 3. The van der Waals surface area contributed by atoms with E-state index in [-0.39, 0.29) is 26.7 Å². The third-order valence-corrected chi connectivity index (χ3v) is 9.10. The van der Waals surface area contributed by atoms with Crippen LogP contribution in [0.15, 0.2) is 42.5 Å². The van der Waals surface area contributed by atoms with Crippen molar-refractivity contribution in [3.63, 3.8) is 0 Å². The average Bonchev–Trinajstić information content (AvgIpc) is 3.55. The molecule has 0 unspecified atom stereocenters. The molecule has 3 aromatic carbocycles. The van der Waals surface area contributed by atoms with Gasteiger partial charge in [-0.05, 0) is 95.5 Å². The minimum absolute atomic E-state index is 0.0765. The smallest absolute Gasteiger partial charge is 0.424 e. The molecule has 50 heavy (non-hydrogen) atoms. The third-order valence-electron chi connectivity index (χ3n) is 7.42. The lowest BCUT2D eigenvalue weighted by atomic mass is 9.97. The third kappa shape index (κ3) is 8.67. The molecule has 4 rings (SSSR count). The number of nitrogens with one attached hydrogen (secondary N) is 1. The monoisotopic (exact) mass is 774 g/mol. The van der Waals surface area contributed by atoms with E-state index in [9.17, 15) is 19.2 Å². The Hall–Kier alpha value is -3.51. The van der Waals surface area contributed by atoms with Crippen LogP contribution in [-0.4, -0.2) is 39.4 Å². The van der Waals surface area contributed by atoms with E-state index in [1.807, 2.05) is 0 Å². The fourth-order valence-electron chi connectivity index (χ4n) is 5.10. The number of hydrogen-bond acceptors (Lipinski definition) is 6. The van der Waals surface area contributed by atoms with Gasteiger partial charge < -0.3 is 14.8 Å². The first kappa shape index (κ1) is 39.3. The van der Waals surface area contributed by atoms with Gasteiger partial charge >= 0.3 is 12.2 Å². The first-order valence-corrected chi connectivity index (χ1v) is 16.6. The molecule has 0 aliphatic heterocycles. The molecule has 3 amide bonds. The molecular formula is C35H33Cl4F3N2O6. The normalized spacial score (nSPS) is 16.8. The molecule has 3 aromatic rings. The van der Waals surface area contributed by atoms with Gasteiger partial charge in [-0.25, -0.2) is 22.8 Å². The lowest BCUT2D eigenvalue weighted by molar-refractivity contribution is -0.117. The van der Waals surface area contributed by atoms with Crippen molar-refractivity contribution in [2.24, 2.45) is 5.92 Å². The van der Waals surface area contributed by atoms with Gasteiger partial charge in [-0.15, -0.1) is 23.2 Å². The summed E-state index contributed by atoms with van der Waals surface area (Å²) in [6, 6.07) is 8.57. The van der Waals surface area contributed by atoms with Gasteiger partial charge in [-0.3, -0.25) is 9.59 Å². The zero-order valence-corrected chi connectivity index (χ0v) is 31.0. The minimum atomic E-state index is -1.52. The molecule has 2 atom stereocenters. The van der Waals surface area contributed by atoms with Crippen molar-refractivity contribution in [1.29, 1.82) is 0 Å². The maximum Gasteiger partial charge on any atom is 0.424 e. The van der Waals surface area contributed by atoms with Crippen molar-refractivity contribution >= 4 is 81.7 Å². The number of carbonyl (C=O) groups excluding carboxylic acids is 4. The van der Waals surface area contributed by atoms with Gasteiger partial charge in [-0.2, -0.15) is 4.90 Å². The van der Waals surface area contributed by atoms with E-state index in [0.717, 1.165) is 18.2 Å². The molecule has 0 aromatic heterocycles. The van der Waals surface area contributed by atoms with Gasteiger partial charge in [0.15, 0.2) is 17.4 Å². The highest BCUT2D eigenvalue weighted by Crippen LogP contribution is 2.65. The molecule has 0 heterocycles. The van der Waals surface area contributed by atoms with Crippen molar-refractivity contribution in [2.75, 3.05) is 10.2 Å². The molecule has 0 saturated heterocycles. The number of benzene rings is 3. The Kier molecular flexibility index (Phi) is 11.2. The number of carbonyl (C=O) groups is 4. The summed E-state index contributed by atoms with van der Waals surface area (Å²) < 4.78 is 55.3. The maximum absolute atomic E-state index is 16.0. The average molecular weight is 776 g/mol. The Labute approximate surface area is 307 Å². The summed E-state index contributed by atoms with van der Waals surface area (Å²) in [4.78, 5) is 53.0. The number of ether oxygens (including phenoxy) is 2. The van der Waals surface area contributed by atoms with Crippen LogP contribution in [0.25, 0.3) is 0 Å². The molecular weight excluding hydrogens is 743 g/mol. The number of ketones is 1. The lowest BCUT2D eigenvalue weighted by Crippen LogP contribution is -2.44. The summed E-state index contributed by atoms with van der Waals surface area (Å²) in [6.07, 6.45) is -3.62. The topological polar surface area (TPSA) is 102 Å². The van der Waals surface area contributed by atoms with E-state index in [4.69, 9.17) is 55.9 Å². The van der Waals surface area contributed by atoms with Gasteiger partial charge in [0.25, 0.3) is 0 Å². The fraction of sp³-hybridized carbons (Fsp3) is 0.371. The molecule has 0 spiro atoms. The Morgan fingerprint density at radius 3 is 1.96 bits per heavy atom. The van der Waals surface area contributed by atoms with Crippen LogP contribution in [-0.2, 0) is 20.7 Å². The largest absolute Gasteiger partial charge is 0.443 e. The van der Waals surface area contributed by atoms with Crippen LogP contribution < -0.4 is 10.2 Å². The Morgan fingerprint density at radius 2 is 1.42 bits per heavy atom. The predicted molar refractivity (Wildman–Crippen MR) is 186 cm³/mol. The van der Waals surface area contributed by atoms with Crippen molar-refractivity contribution in [2.45, 2.75) is 76.3 Å². The summed E-state index contributed by atoms with van der Waals surface area (Å²) in [7, 11) is 0. The molecule has 0 radical (unpaired) electrons. The molecule has 1 aliphatic carbocycles. The Balaban J connectivity index is 1.63. The first-order valence-electron chi connectivity index (χ1n) is 15.1. The number of halogens is 7.